The first-order valence-electron chi connectivity index (χ1n) is 6.84. The first-order valence-corrected chi connectivity index (χ1v) is 7.89. The lowest BCUT2D eigenvalue weighted by Crippen LogP contribution is -2.32. The van der Waals surface area contributed by atoms with Crippen LogP contribution in [0.5, 0.6) is 0 Å². The minimum absolute atomic E-state index is 0.0834. The zero-order valence-electron chi connectivity index (χ0n) is 11.4. The van der Waals surface area contributed by atoms with Crippen molar-refractivity contribution in [1.29, 1.82) is 0 Å². The van der Waals surface area contributed by atoms with Gasteiger partial charge in [0.15, 0.2) is 0 Å². The number of carbonyl (C=O) groups is 1. The van der Waals surface area contributed by atoms with E-state index in [-0.39, 0.29) is 12.5 Å². The third-order valence-corrected chi connectivity index (χ3v) is 4.55. The Morgan fingerprint density at radius 3 is 3.20 bits per heavy atom. The Morgan fingerprint density at radius 2 is 2.45 bits per heavy atom. The number of pyridine rings is 1. The van der Waals surface area contributed by atoms with Gasteiger partial charge in [-0.05, 0) is 24.7 Å². The standard InChI is InChI=1S/C15H19N3OS/c16-7-3-4-12-10-17-8-6-14(12)15(19)18-11-13-5-1-2-9-20-13/h6,8,10,13H,1-2,5,7,9,11,16H2,(H,18,19). The lowest BCUT2D eigenvalue weighted by atomic mass is 10.1. The molecule has 0 radical (unpaired) electrons. The molecule has 1 saturated heterocycles. The quantitative estimate of drug-likeness (QED) is 0.826. The van der Waals surface area contributed by atoms with Crippen molar-refractivity contribution in [1.82, 2.24) is 10.3 Å². The van der Waals surface area contributed by atoms with E-state index in [2.05, 4.69) is 22.1 Å². The molecule has 20 heavy (non-hydrogen) atoms. The summed E-state index contributed by atoms with van der Waals surface area (Å²) in [5.41, 5.74) is 6.56. The fourth-order valence-corrected chi connectivity index (χ4v) is 3.35. The summed E-state index contributed by atoms with van der Waals surface area (Å²) in [6.45, 7) is 0.990. The van der Waals surface area contributed by atoms with Crippen molar-refractivity contribution in [2.75, 3.05) is 18.8 Å². The number of amides is 1. The fraction of sp³-hybridized carbons (Fsp3) is 0.467. The number of hydrogen-bond acceptors (Lipinski definition) is 4. The summed E-state index contributed by atoms with van der Waals surface area (Å²) in [5, 5.41) is 3.53. The summed E-state index contributed by atoms with van der Waals surface area (Å²) < 4.78 is 0. The molecule has 4 nitrogen and oxygen atoms in total. The summed E-state index contributed by atoms with van der Waals surface area (Å²) >= 11 is 1.95. The Balaban J connectivity index is 1.97. The average molecular weight is 289 g/mol. The van der Waals surface area contributed by atoms with Crippen molar-refractivity contribution in [2.45, 2.75) is 24.5 Å². The third kappa shape index (κ3) is 4.26. The monoisotopic (exact) mass is 289 g/mol. The summed E-state index contributed by atoms with van der Waals surface area (Å²) in [6.07, 6.45) is 6.94. The number of carbonyl (C=O) groups excluding carboxylic acids is 1. The van der Waals surface area contributed by atoms with Gasteiger partial charge in [0.1, 0.15) is 0 Å². The van der Waals surface area contributed by atoms with Gasteiger partial charge in [-0.15, -0.1) is 0 Å². The molecule has 0 spiro atoms. The van der Waals surface area contributed by atoms with Crippen molar-refractivity contribution in [3.05, 3.63) is 29.6 Å². The van der Waals surface area contributed by atoms with Crippen LogP contribution in [0.3, 0.4) is 0 Å². The van der Waals surface area contributed by atoms with Gasteiger partial charge in [-0.2, -0.15) is 11.8 Å². The van der Waals surface area contributed by atoms with Crippen LogP contribution in [0.1, 0.15) is 35.2 Å². The van der Waals surface area contributed by atoms with Gasteiger partial charge in [0.2, 0.25) is 0 Å². The zero-order chi connectivity index (χ0) is 14.2. The number of aromatic nitrogens is 1. The van der Waals surface area contributed by atoms with Gasteiger partial charge in [-0.1, -0.05) is 18.3 Å². The second kappa shape index (κ2) is 7.93. The van der Waals surface area contributed by atoms with Crippen molar-refractivity contribution in [3.8, 4) is 11.8 Å². The number of nitrogens with zero attached hydrogens (tertiary/aromatic N) is 1. The number of nitrogens with one attached hydrogen (secondary N) is 1. The van der Waals surface area contributed by atoms with E-state index in [4.69, 9.17) is 5.73 Å². The van der Waals surface area contributed by atoms with Crippen LogP contribution < -0.4 is 11.1 Å². The lowest BCUT2D eigenvalue weighted by molar-refractivity contribution is 0.0953. The van der Waals surface area contributed by atoms with E-state index in [1.807, 2.05) is 11.8 Å². The minimum Gasteiger partial charge on any atom is -0.351 e. The molecule has 1 aliphatic rings. The molecule has 3 N–H and O–H groups in total. The molecule has 1 atom stereocenters. The van der Waals surface area contributed by atoms with Crippen molar-refractivity contribution in [2.24, 2.45) is 5.73 Å². The van der Waals surface area contributed by atoms with Crippen LogP contribution in [0, 0.1) is 11.8 Å². The molecule has 1 amide bonds. The van der Waals surface area contributed by atoms with Crippen LogP contribution in [0.2, 0.25) is 0 Å². The molecule has 1 aromatic rings. The Hall–Kier alpha value is -1.51. The number of rotatable bonds is 3. The number of hydrogen-bond donors (Lipinski definition) is 2. The molecule has 0 bridgehead atoms. The summed E-state index contributed by atoms with van der Waals surface area (Å²) in [4.78, 5) is 16.2. The molecular weight excluding hydrogens is 270 g/mol. The highest BCUT2D eigenvalue weighted by molar-refractivity contribution is 7.99. The second-order valence-corrected chi connectivity index (χ2v) is 6.03. The molecule has 2 heterocycles. The van der Waals surface area contributed by atoms with Gasteiger partial charge < -0.3 is 11.1 Å². The van der Waals surface area contributed by atoms with Gasteiger partial charge in [0, 0.05) is 24.2 Å². The lowest BCUT2D eigenvalue weighted by Gasteiger charge is -2.21. The predicted octanol–water partition coefficient (Wildman–Crippen LogP) is 1.41. The summed E-state index contributed by atoms with van der Waals surface area (Å²) in [5.74, 6) is 6.76. The maximum Gasteiger partial charge on any atom is 0.252 e. The van der Waals surface area contributed by atoms with Crippen LogP contribution in [-0.4, -0.2) is 35.0 Å². The average Bonchev–Trinajstić information content (AvgIpc) is 2.52. The van der Waals surface area contributed by atoms with E-state index in [9.17, 15) is 4.79 Å². The molecule has 0 aliphatic carbocycles. The molecule has 1 aliphatic heterocycles. The molecule has 1 aromatic heterocycles. The zero-order valence-corrected chi connectivity index (χ0v) is 12.2. The third-order valence-electron chi connectivity index (χ3n) is 3.16. The van der Waals surface area contributed by atoms with E-state index in [1.54, 1.807) is 18.5 Å². The van der Waals surface area contributed by atoms with Crippen molar-refractivity contribution < 1.29 is 4.79 Å². The molecule has 2 rings (SSSR count). The van der Waals surface area contributed by atoms with Crippen LogP contribution >= 0.6 is 11.8 Å². The highest BCUT2D eigenvalue weighted by Crippen LogP contribution is 2.24. The smallest absolute Gasteiger partial charge is 0.252 e. The molecule has 0 aromatic carbocycles. The van der Waals surface area contributed by atoms with E-state index in [0.29, 0.717) is 16.4 Å². The van der Waals surface area contributed by atoms with Crippen LogP contribution in [0.4, 0.5) is 0 Å². The first kappa shape index (κ1) is 14.9. The Bertz CT molecular complexity index is 515. The first-order chi connectivity index (χ1) is 9.81. The SMILES string of the molecule is NCC#Cc1cnccc1C(=O)NCC1CCCCS1. The van der Waals surface area contributed by atoms with E-state index in [1.165, 1.54) is 25.0 Å². The molecule has 1 fully saturated rings. The molecule has 5 heteroatoms. The maximum atomic E-state index is 12.2. The summed E-state index contributed by atoms with van der Waals surface area (Å²) in [6, 6.07) is 1.70. The summed E-state index contributed by atoms with van der Waals surface area (Å²) in [7, 11) is 0. The van der Waals surface area contributed by atoms with E-state index in [0.717, 1.165) is 6.54 Å². The number of thioether (sulfide) groups is 1. The van der Waals surface area contributed by atoms with Crippen LogP contribution in [0.25, 0.3) is 0 Å². The molecule has 0 saturated carbocycles. The largest absolute Gasteiger partial charge is 0.351 e. The Morgan fingerprint density at radius 1 is 1.55 bits per heavy atom. The minimum atomic E-state index is -0.0834. The second-order valence-electron chi connectivity index (χ2n) is 4.63. The van der Waals surface area contributed by atoms with Crippen molar-refractivity contribution in [3.63, 3.8) is 0 Å². The van der Waals surface area contributed by atoms with Crippen LogP contribution in [-0.2, 0) is 0 Å². The van der Waals surface area contributed by atoms with Gasteiger partial charge in [-0.25, -0.2) is 0 Å². The highest BCUT2D eigenvalue weighted by Gasteiger charge is 2.16. The van der Waals surface area contributed by atoms with Crippen LogP contribution in [0.15, 0.2) is 18.5 Å². The van der Waals surface area contributed by atoms with Gasteiger partial charge in [0.25, 0.3) is 5.91 Å². The fourth-order valence-electron chi connectivity index (χ4n) is 2.11. The van der Waals surface area contributed by atoms with Gasteiger partial charge in [-0.3, -0.25) is 9.78 Å². The predicted molar refractivity (Wildman–Crippen MR) is 82.6 cm³/mol. The Kier molecular flexibility index (Phi) is 5.90. The topological polar surface area (TPSA) is 68.0 Å². The van der Waals surface area contributed by atoms with E-state index < -0.39 is 0 Å². The molecular formula is C15H19N3OS. The normalized spacial score (nSPS) is 17.9. The number of nitrogens with two attached hydrogens (primary N) is 1. The molecule has 106 valence electrons. The van der Waals surface area contributed by atoms with Crippen molar-refractivity contribution >= 4 is 17.7 Å². The van der Waals surface area contributed by atoms with Gasteiger partial charge >= 0.3 is 0 Å². The highest BCUT2D eigenvalue weighted by atomic mass is 32.2. The van der Waals surface area contributed by atoms with E-state index >= 15 is 0 Å². The molecule has 1 unspecified atom stereocenters. The van der Waals surface area contributed by atoms with Gasteiger partial charge in [0.05, 0.1) is 17.7 Å². The maximum absolute atomic E-state index is 12.2. The Labute approximate surface area is 123 Å².